The molecule has 2 N–H and O–H groups in total. The minimum atomic E-state index is -0.781. The van der Waals surface area contributed by atoms with Crippen LogP contribution in [0.3, 0.4) is 0 Å². The van der Waals surface area contributed by atoms with Gasteiger partial charge in [0.05, 0.1) is 5.92 Å². The van der Waals surface area contributed by atoms with Crippen LogP contribution in [0.5, 0.6) is 0 Å². The van der Waals surface area contributed by atoms with Crippen LogP contribution in [0.1, 0.15) is 23.5 Å². The summed E-state index contributed by atoms with van der Waals surface area (Å²) in [4.78, 5) is 11.3. The second-order valence-corrected chi connectivity index (χ2v) is 5.09. The average molecular weight is 283 g/mol. The fourth-order valence-corrected chi connectivity index (χ4v) is 2.34. The zero-order valence-electron chi connectivity index (χ0n) is 12.0. The number of rotatable bonds is 8. The molecule has 3 nitrogen and oxygen atoms in total. The maximum Gasteiger partial charge on any atom is 0.312 e. The molecule has 3 heteroatoms. The zero-order chi connectivity index (χ0) is 14.9. The minimum Gasteiger partial charge on any atom is -0.481 e. The maximum absolute atomic E-state index is 11.3. The van der Waals surface area contributed by atoms with Crippen molar-refractivity contribution in [3.63, 3.8) is 0 Å². The summed E-state index contributed by atoms with van der Waals surface area (Å²) in [7, 11) is 0. The van der Waals surface area contributed by atoms with Gasteiger partial charge in [0.25, 0.3) is 0 Å². The van der Waals surface area contributed by atoms with E-state index in [9.17, 15) is 9.90 Å². The Balaban J connectivity index is 1.74. The Bertz CT molecular complexity index is 540. The minimum absolute atomic E-state index is 0.466. The SMILES string of the molecule is O=C(O)C(CNCCCc1ccccc1)c1ccccc1. The van der Waals surface area contributed by atoms with Crippen molar-refractivity contribution < 1.29 is 9.90 Å². The Morgan fingerprint density at radius 3 is 2.24 bits per heavy atom. The van der Waals surface area contributed by atoms with E-state index in [1.165, 1.54) is 5.56 Å². The van der Waals surface area contributed by atoms with Gasteiger partial charge < -0.3 is 10.4 Å². The van der Waals surface area contributed by atoms with E-state index in [0.29, 0.717) is 6.54 Å². The van der Waals surface area contributed by atoms with Crippen LogP contribution < -0.4 is 5.32 Å². The van der Waals surface area contributed by atoms with Crippen LogP contribution in [0.2, 0.25) is 0 Å². The van der Waals surface area contributed by atoms with Gasteiger partial charge in [-0.05, 0) is 30.5 Å². The molecule has 1 unspecified atom stereocenters. The number of hydrogen-bond acceptors (Lipinski definition) is 2. The summed E-state index contributed by atoms with van der Waals surface area (Å²) in [6, 6.07) is 19.7. The van der Waals surface area contributed by atoms with Gasteiger partial charge in [0.15, 0.2) is 0 Å². The first-order valence-corrected chi connectivity index (χ1v) is 7.30. The van der Waals surface area contributed by atoms with Crippen LogP contribution in [0.15, 0.2) is 60.7 Å². The van der Waals surface area contributed by atoms with Crippen molar-refractivity contribution in [3.05, 3.63) is 71.8 Å². The van der Waals surface area contributed by atoms with Gasteiger partial charge in [0, 0.05) is 6.54 Å². The van der Waals surface area contributed by atoms with Gasteiger partial charge in [0.1, 0.15) is 0 Å². The number of carboxylic acids is 1. The van der Waals surface area contributed by atoms with Gasteiger partial charge in [-0.2, -0.15) is 0 Å². The van der Waals surface area contributed by atoms with E-state index in [-0.39, 0.29) is 0 Å². The van der Waals surface area contributed by atoms with Crippen molar-refractivity contribution in [1.82, 2.24) is 5.32 Å². The van der Waals surface area contributed by atoms with E-state index in [2.05, 4.69) is 17.4 Å². The second kappa shape index (κ2) is 8.22. The van der Waals surface area contributed by atoms with Crippen molar-refractivity contribution in [2.24, 2.45) is 0 Å². The number of carboxylic acid groups (broad SMARTS) is 1. The molecule has 0 spiro atoms. The molecule has 0 aliphatic carbocycles. The Morgan fingerprint density at radius 2 is 1.62 bits per heavy atom. The van der Waals surface area contributed by atoms with Gasteiger partial charge in [-0.25, -0.2) is 0 Å². The summed E-state index contributed by atoms with van der Waals surface area (Å²) >= 11 is 0. The molecule has 2 aromatic carbocycles. The number of carbonyl (C=O) groups is 1. The average Bonchev–Trinajstić information content (AvgIpc) is 2.52. The van der Waals surface area contributed by atoms with Crippen LogP contribution in [0.4, 0.5) is 0 Å². The fourth-order valence-electron chi connectivity index (χ4n) is 2.34. The Hall–Kier alpha value is -2.13. The highest BCUT2D eigenvalue weighted by Gasteiger charge is 2.18. The van der Waals surface area contributed by atoms with Crippen LogP contribution >= 0.6 is 0 Å². The van der Waals surface area contributed by atoms with Crippen molar-refractivity contribution in [1.29, 1.82) is 0 Å². The fraction of sp³-hybridized carbons (Fsp3) is 0.278. The highest BCUT2D eigenvalue weighted by atomic mass is 16.4. The largest absolute Gasteiger partial charge is 0.481 e. The summed E-state index contributed by atoms with van der Waals surface area (Å²) in [6.07, 6.45) is 2.02. The summed E-state index contributed by atoms with van der Waals surface area (Å²) < 4.78 is 0. The first-order valence-electron chi connectivity index (χ1n) is 7.30. The van der Waals surface area contributed by atoms with E-state index < -0.39 is 11.9 Å². The third-order valence-corrected chi connectivity index (χ3v) is 3.51. The molecule has 1 atom stereocenters. The highest BCUT2D eigenvalue weighted by molar-refractivity contribution is 5.76. The molecule has 0 saturated heterocycles. The number of hydrogen-bond donors (Lipinski definition) is 2. The third kappa shape index (κ3) is 5.04. The monoisotopic (exact) mass is 283 g/mol. The van der Waals surface area contributed by atoms with Gasteiger partial charge in [-0.1, -0.05) is 60.7 Å². The molecule has 2 aromatic rings. The van der Waals surface area contributed by atoms with E-state index in [0.717, 1.165) is 24.9 Å². The first kappa shape index (κ1) is 15.3. The highest BCUT2D eigenvalue weighted by Crippen LogP contribution is 2.14. The normalized spacial score (nSPS) is 12.0. The maximum atomic E-state index is 11.3. The standard InChI is InChI=1S/C18H21NO2/c20-18(21)17(16-11-5-2-6-12-16)14-19-13-7-10-15-8-3-1-4-9-15/h1-6,8-9,11-12,17,19H,7,10,13-14H2,(H,20,21). The van der Waals surface area contributed by atoms with Crippen molar-refractivity contribution in [2.45, 2.75) is 18.8 Å². The van der Waals surface area contributed by atoms with Gasteiger partial charge >= 0.3 is 5.97 Å². The quantitative estimate of drug-likeness (QED) is 0.732. The van der Waals surface area contributed by atoms with Crippen LogP contribution in [0.25, 0.3) is 0 Å². The Morgan fingerprint density at radius 1 is 1.00 bits per heavy atom. The zero-order valence-corrected chi connectivity index (χ0v) is 12.0. The van der Waals surface area contributed by atoms with E-state index >= 15 is 0 Å². The summed E-state index contributed by atoms with van der Waals surface area (Å²) in [5.41, 5.74) is 2.16. The summed E-state index contributed by atoms with van der Waals surface area (Å²) in [5, 5.41) is 12.6. The molecular weight excluding hydrogens is 262 g/mol. The van der Waals surface area contributed by atoms with Crippen molar-refractivity contribution >= 4 is 5.97 Å². The molecule has 0 aromatic heterocycles. The lowest BCUT2D eigenvalue weighted by Crippen LogP contribution is -2.27. The molecular formula is C18H21NO2. The van der Waals surface area contributed by atoms with Gasteiger partial charge in [-0.3, -0.25) is 4.79 Å². The van der Waals surface area contributed by atoms with E-state index in [1.807, 2.05) is 48.5 Å². The molecule has 0 fully saturated rings. The lowest BCUT2D eigenvalue weighted by Gasteiger charge is -2.13. The molecule has 2 rings (SSSR count). The second-order valence-electron chi connectivity index (χ2n) is 5.09. The number of benzene rings is 2. The predicted octanol–water partition coefficient (Wildman–Crippen LogP) is 3.08. The number of aliphatic carboxylic acids is 1. The third-order valence-electron chi connectivity index (χ3n) is 3.51. The van der Waals surface area contributed by atoms with Crippen LogP contribution in [0, 0.1) is 0 Å². The summed E-state index contributed by atoms with van der Waals surface area (Å²) in [5.74, 6) is -1.26. The lowest BCUT2D eigenvalue weighted by molar-refractivity contribution is -0.138. The predicted molar refractivity (Wildman–Crippen MR) is 84.5 cm³/mol. The molecule has 0 aliphatic heterocycles. The number of aryl methyl sites for hydroxylation is 1. The Labute approximate surface area is 125 Å². The Kier molecular flexibility index (Phi) is 5.98. The molecule has 0 saturated carbocycles. The molecule has 0 radical (unpaired) electrons. The smallest absolute Gasteiger partial charge is 0.312 e. The van der Waals surface area contributed by atoms with Gasteiger partial charge in [0.2, 0.25) is 0 Å². The van der Waals surface area contributed by atoms with Gasteiger partial charge in [-0.15, -0.1) is 0 Å². The number of nitrogens with one attached hydrogen (secondary N) is 1. The summed E-state index contributed by atoms with van der Waals surface area (Å²) in [6.45, 7) is 1.29. The molecule has 21 heavy (non-hydrogen) atoms. The van der Waals surface area contributed by atoms with Crippen molar-refractivity contribution in [3.8, 4) is 0 Å². The van der Waals surface area contributed by atoms with Crippen molar-refractivity contribution in [2.75, 3.05) is 13.1 Å². The lowest BCUT2D eigenvalue weighted by atomic mass is 9.99. The topological polar surface area (TPSA) is 49.3 Å². The van der Waals surface area contributed by atoms with Crippen LogP contribution in [-0.4, -0.2) is 24.2 Å². The first-order chi connectivity index (χ1) is 10.3. The molecule has 110 valence electrons. The molecule has 0 amide bonds. The molecule has 0 aliphatic rings. The van der Waals surface area contributed by atoms with Crippen LogP contribution in [-0.2, 0) is 11.2 Å². The van der Waals surface area contributed by atoms with E-state index in [4.69, 9.17) is 0 Å². The molecule has 0 heterocycles. The molecule has 0 bridgehead atoms. The van der Waals surface area contributed by atoms with E-state index in [1.54, 1.807) is 0 Å².